The van der Waals surface area contributed by atoms with Gasteiger partial charge < -0.3 is 15.4 Å². The van der Waals surface area contributed by atoms with Crippen molar-refractivity contribution in [2.75, 3.05) is 12.3 Å². The molecule has 1 rings (SSSR count). The summed E-state index contributed by atoms with van der Waals surface area (Å²) in [6.07, 6.45) is 2.16. The van der Waals surface area contributed by atoms with Crippen molar-refractivity contribution in [1.82, 2.24) is 10.6 Å². The molecule has 0 aromatic heterocycles. The molecule has 19 heavy (non-hydrogen) atoms. The fraction of sp³-hybridized carbons (Fsp3) is 0.929. The van der Waals surface area contributed by atoms with Crippen molar-refractivity contribution < 1.29 is 9.53 Å². The summed E-state index contributed by atoms with van der Waals surface area (Å²) in [5, 5.41) is 7.06. The van der Waals surface area contributed by atoms with E-state index in [1.807, 2.05) is 32.5 Å². The summed E-state index contributed by atoms with van der Waals surface area (Å²) in [7, 11) is 0. The van der Waals surface area contributed by atoms with Crippen LogP contribution in [0.25, 0.3) is 0 Å². The Morgan fingerprint density at radius 3 is 2.74 bits per heavy atom. The number of nitrogens with one attached hydrogen (secondary N) is 2. The molecule has 0 aromatic carbocycles. The SMILES string of the molecule is CC(CNC(=O)OC(C)(C)C)NC1CCCSC1C. The van der Waals surface area contributed by atoms with Crippen molar-refractivity contribution in [2.45, 2.75) is 70.4 Å². The summed E-state index contributed by atoms with van der Waals surface area (Å²) in [4.78, 5) is 11.6. The number of alkyl carbamates (subject to hydrolysis) is 1. The number of hydrogen-bond donors (Lipinski definition) is 2. The molecule has 0 spiro atoms. The lowest BCUT2D eigenvalue weighted by Gasteiger charge is -2.32. The van der Waals surface area contributed by atoms with E-state index in [1.165, 1.54) is 18.6 Å². The van der Waals surface area contributed by atoms with Crippen molar-refractivity contribution in [3.63, 3.8) is 0 Å². The van der Waals surface area contributed by atoms with E-state index in [9.17, 15) is 4.79 Å². The van der Waals surface area contributed by atoms with Crippen molar-refractivity contribution in [3.8, 4) is 0 Å². The van der Waals surface area contributed by atoms with Gasteiger partial charge in [0.25, 0.3) is 0 Å². The Hall–Kier alpha value is -0.420. The van der Waals surface area contributed by atoms with Crippen LogP contribution in [0.2, 0.25) is 0 Å². The predicted molar refractivity (Wildman–Crippen MR) is 81.8 cm³/mol. The smallest absolute Gasteiger partial charge is 0.407 e. The molecule has 0 saturated carbocycles. The number of carbonyl (C=O) groups excluding carboxylic acids is 1. The van der Waals surface area contributed by atoms with Gasteiger partial charge in [-0.15, -0.1) is 0 Å². The summed E-state index contributed by atoms with van der Waals surface area (Å²) in [6.45, 7) is 10.6. The lowest BCUT2D eigenvalue weighted by molar-refractivity contribution is 0.0522. The third kappa shape index (κ3) is 7.06. The minimum Gasteiger partial charge on any atom is -0.444 e. The zero-order valence-electron chi connectivity index (χ0n) is 12.8. The molecular weight excluding hydrogens is 260 g/mol. The second-order valence-electron chi connectivity index (χ2n) is 6.28. The molecule has 5 heteroatoms. The lowest BCUT2D eigenvalue weighted by Crippen LogP contribution is -2.48. The van der Waals surface area contributed by atoms with E-state index in [0.29, 0.717) is 17.8 Å². The average Bonchev–Trinajstić information content (AvgIpc) is 2.27. The standard InChI is InChI=1S/C14H28N2O2S/c1-10(9-15-13(17)18-14(3,4)5)16-12-7-6-8-19-11(12)2/h10-12,16H,6-9H2,1-5H3,(H,15,17). The largest absolute Gasteiger partial charge is 0.444 e. The summed E-state index contributed by atoms with van der Waals surface area (Å²) < 4.78 is 5.22. The second-order valence-corrected chi connectivity index (χ2v) is 7.76. The molecule has 0 bridgehead atoms. The Labute approximate surface area is 121 Å². The van der Waals surface area contributed by atoms with E-state index in [0.717, 1.165) is 0 Å². The van der Waals surface area contributed by atoms with E-state index in [-0.39, 0.29) is 12.1 Å². The van der Waals surface area contributed by atoms with Gasteiger partial charge in [0.2, 0.25) is 0 Å². The summed E-state index contributed by atoms with van der Waals surface area (Å²) in [6, 6.07) is 0.813. The molecule has 1 heterocycles. The molecular formula is C14H28N2O2S. The molecule has 1 amide bonds. The Kier molecular flexibility index (Phi) is 6.47. The number of carbonyl (C=O) groups is 1. The van der Waals surface area contributed by atoms with E-state index >= 15 is 0 Å². The topological polar surface area (TPSA) is 50.4 Å². The quantitative estimate of drug-likeness (QED) is 0.835. The van der Waals surface area contributed by atoms with Gasteiger partial charge in [0.1, 0.15) is 5.60 Å². The first kappa shape index (κ1) is 16.6. The maximum atomic E-state index is 11.6. The zero-order chi connectivity index (χ0) is 14.5. The minimum atomic E-state index is -0.435. The van der Waals surface area contributed by atoms with Gasteiger partial charge in [-0.05, 0) is 46.3 Å². The first-order chi connectivity index (χ1) is 8.78. The Morgan fingerprint density at radius 2 is 2.16 bits per heavy atom. The minimum absolute atomic E-state index is 0.263. The fourth-order valence-corrected chi connectivity index (χ4v) is 3.27. The molecule has 1 saturated heterocycles. The van der Waals surface area contributed by atoms with Gasteiger partial charge >= 0.3 is 6.09 Å². The molecule has 4 nitrogen and oxygen atoms in total. The highest BCUT2D eigenvalue weighted by Crippen LogP contribution is 2.25. The predicted octanol–water partition coefficient (Wildman–Crippen LogP) is 2.77. The average molecular weight is 288 g/mol. The van der Waals surface area contributed by atoms with Gasteiger partial charge in [0, 0.05) is 23.9 Å². The number of ether oxygens (including phenoxy) is 1. The molecule has 1 aliphatic heterocycles. The fourth-order valence-electron chi connectivity index (χ4n) is 2.12. The van der Waals surface area contributed by atoms with Crippen LogP contribution in [0.4, 0.5) is 4.79 Å². The molecule has 3 unspecified atom stereocenters. The van der Waals surface area contributed by atoms with Crippen molar-refractivity contribution in [3.05, 3.63) is 0 Å². The van der Waals surface area contributed by atoms with E-state index in [2.05, 4.69) is 24.5 Å². The number of amides is 1. The van der Waals surface area contributed by atoms with Crippen LogP contribution in [-0.4, -0.2) is 41.3 Å². The highest BCUT2D eigenvalue weighted by Gasteiger charge is 2.23. The Balaban J connectivity index is 2.23. The maximum absolute atomic E-state index is 11.6. The van der Waals surface area contributed by atoms with Gasteiger partial charge in [-0.2, -0.15) is 11.8 Å². The van der Waals surface area contributed by atoms with Crippen LogP contribution in [-0.2, 0) is 4.74 Å². The first-order valence-electron chi connectivity index (χ1n) is 7.12. The van der Waals surface area contributed by atoms with Crippen LogP contribution in [0.5, 0.6) is 0 Å². The second kappa shape index (κ2) is 7.39. The van der Waals surface area contributed by atoms with Crippen LogP contribution >= 0.6 is 11.8 Å². The van der Waals surface area contributed by atoms with Crippen LogP contribution in [0.3, 0.4) is 0 Å². The van der Waals surface area contributed by atoms with Crippen molar-refractivity contribution >= 4 is 17.9 Å². The Bertz CT molecular complexity index is 292. The number of hydrogen-bond acceptors (Lipinski definition) is 4. The number of rotatable bonds is 4. The molecule has 0 aliphatic carbocycles. The van der Waals surface area contributed by atoms with E-state index in [1.54, 1.807) is 0 Å². The van der Waals surface area contributed by atoms with E-state index < -0.39 is 5.60 Å². The van der Waals surface area contributed by atoms with Gasteiger partial charge in [-0.1, -0.05) is 6.92 Å². The zero-order valence-corrected chi connectivity index (χ0v) is 13.6. The van der Waals surface area contributed by atoms with Gasteiger partial charge in [0.15, 0.2) is 0 Å². The molecule has 1 aliphatic rings. The third-order valence-electron chi connectivity index (χ3n) is 3.06. The summed E-state index contributed by atoms with van der Waals surface area (Å²) in [5.74, 6) is 1.27. The Morgan fingerprint density at radius 1 is 1.47 bits per heavy atom. The maximum Gasteiger partial charge on any atom is 0.407 e. The van der Waals surface area contributed by atoms with Crippen LogP contribution in [0.15, 0.2) is 0 Å². The first-order valence-corrected chi connectivity index (χ1v) is 8.17. The van der Waals surface area contributed by atoms with Gasteiger partial charge in [0.05, 0.1) is 0 Å². The molecule has 0 aromatic rings. The molecule has 2 N–H and O–H groups in total. The summed E-state index contributed by atoms with van der Waals surface area (Å²) >= 11 is 2.03. The van der Waals surface area contributed by atoms with Crippen LogP contribution in [0, 0.1) is 0 Å². The highest BCUT2D eigenvalue weighted by molar-refractivity contribution is 7.99. The van der Waals surface area contributed by atoms with E-state index in [4.69, 9.17) is 4.74 Å². The van der Waals surface area contributed by atoms with Gasteiger partial charge in [-0.3, -0.25) is 0 Å². The number of thioether (sulfide) groups is 1. The van der Waals surface area contributed by atoms with Crippen LogP contribution in [0.1, 0.15) is 47.5 Å². The molecule has 0 radical (unpaired) electrons. The lowest BCUT2D eigenvalue weighted by atomic mass is 10.1. The third-order valence-corrected chi connectivity index (χ3v) is 4.44. The molecule has 1 fully saturated rings. The molecule has 3 atom stereocenters. The van der Waals surface area contributed by atoms with Crippen LogP contribution < -0.4 is 10.6 Å². The molecule has 112 valence electrons. The van der Waals surface area contributed by atoms with Crippen molar-refractivity contribution in [1.29, 1.82) is 0 Å². The normalized spacial score (nSPS) is 25.7. The highest BCUT2D eigenvalue weighted by atomic mass is 32.2. The summed E-state index contributed by atoms with van der Waals surface area (Å²) in [5.41, 5.74) is -0.435. The monoisotopic (exact) mass is 288 g/mol. The van der Waals surface area contributed by atoms with Crippen molar-refractivity contribution in [2.24, 2.45) is 0 Å². The van der Waals surface area contributed by atoms with Gasteiger partial charge in [-0.25, -0.2) is 4.79 Å².